The summed E-state index contributed by atoms with van der Waals surface area (Å²) in [5.41, 5.74) is 0. The second-order valence-corrected chi connectivity index (χ2v) is 2.73. The summed E-state index contributed by atoms with van der Waals surface area (Å²) in [4.78, 5) is 2.27. The standard InChI is InChI=1S/C10H19NO/c1-4-6-9-12-10-7-8-11(3)5-2/h5,7-10H2,1-3H3. The zero-order chi connectivity index (χ0) is 9.23. The molecule has 0 aliphatic carbocycles. The van der Waals surface area contributed by atoms with Crippen LogP contribution in [0, 0.1) is 11.8 Å². The van der Waals surface area contributed by atoms with Crippen molar-refractivity contribution in [2.45, 2.75) is 20.3 Å². The Morgan fingerprint density at radius 3 is 2.75 bits per heavy atom. The lowest BCUT2D eigenvalue weighted by atomic mass is 10.4. The molecule has 0 N–H and O–H groups in total. The summed E-state index contributed by atoms with van der Waals surface area (Å²) >= 11 is 0. The van der Waals surface area contributed by atoms with Gasteiger partial charge in [-0.15, -0.1) is 5.92 Å². The Bertz CT molecular complexity index is 146. The molecule has 0 fully saturated rings. The van der Waals surface area contributed by atoms with E-state index in [1.165, 1.54) is 0 Å². The summed E-state index contributed by atoms with van der Waals surface area (Å²) in [6.07, 6.45) is 1.09. The zero-order valence-corrected chi connectivity index (χ0v) is 8.39. The maximum atomic E-state index is 5.27. The van der Waals surface area contributed by atoms with Crippen LogP contribution in [0.4, 0.5) is 0 Å². The minimum atomic E-state index is 0.576. The number of hydrogen-bond donors (Lipinski definition) is 0. The Kier molecular flexibility index (Phi) is 8.20. The summed E-state index contributed by atoms with van der Waals surface area (Å²) in [6.45, 7) is 7.59. The van der Waals surface area contributed by atoms with Crippen molar-refractivity contribution in [3.63, 3.8) is 0 Å². The van der Waals surface area contributed by atoms with Gasteiger partial charge in [-0.2, -0.15) is 0 Å². The Morgan fingerprint density at radius 1 is 1.42 bits per heavy atom. The van der Waals surface area contributed by atoms with Gasteiger partial charge >= 0.3 is 0 Å². The molecule has 0 atom stereocenters. The van der Waals surface area contributed by atoms with E-state index in [9.17, 15) is 0 Å². The third-order valence-electron chi connectivity index (χ3n) is 1.72. The molecule has 0 aliphatic heterocycles. The maximum Gasteiger partial charge on any atom is 0.107 e. The lowest BCUT2D eigenvalue weighted by Crippen LogP contribution is -2.20. The lowest BCUT2D eigenvalue weighted by Gasteiger charge is -2.12. The number of hydrogen-bond acceptors (Lipinski definition) is 2. The molecule has 2 heteroatoms. The first kappa shape index (κ1) is 11.5. The van der Waals surface area contributed by atoms with Gasteiger partial charge in [-0.3, -0.25) is 0 Å². The van der Waals surface area contributed by atoms with Crippen molar-refractivity contribution in [2.24, 2.45) is 0 Å². The van der Waals surface area contributed by atoms with E-state index in [-0.39, 0.29) is 0 Å². The zero-order valence-electron chi connectivity index (χ0n) is 8.39. The molecule has 0 aromatic heterocycles. The van der Waals surface area contributed by atoms with Crippen molar-refractivity contribution >= 4 is 0 Å². The van der Waals surface area contributed by atoms with Crippen molar-refractivity contribution < 1.29 is 4.74 Å². The molecule has 12 heavy (non-hydrogen) atoms. The fraction of sp³-hybridized carbons (Fsp3) is 0.800. The topological polar surface area (TPSA) is 12.5 Å². The largest absolute Gasteiger partial charge is 0.369 e. The second-order valence-electron chi connectivity index (χ2n) is 2.73. The number of nitrogens with zero attached hydrogens (tertiary/aromatic N) is 1. The molecular formula is C10H19NO. The highest BCUT2D eigenvalue weighted by Crippen LogP contribution is 1.87. The van der Waals surface area contributed by atoms with Crippen LogP contribution in [0.25, 0.3) is 0 Å². The van der Waals surface area contributed by atoms with E-state index in [2.05, 4.69) is 30.7 Å². The van der Waals surface area contributed by atoms with E-state index in [4.69, 9.17) is 4.74 Å². The molecule has 0 aromatic rings. The average molecular weight is 169 g/mol. The first-order valence-corrected chi connectivity index (χ1v) is 4.47. The number of ether oxygens (including phenoxy) is 1. The van der Waals surface area contributed by atoms with Crippen molar-refractivity contribution in [3.8, 4) is 11.8 Å². The molecule has 0 saturated heterocycles. The first-order valence-electron chi connectivity index (χ1n) is 4.47. The molecule has 0 aromatic carbocycles. The van der Waals surface area contributed by atoms with E-state index in [1.54, 1.807) is 0 Å². The van der Waals surface area contributed by atoms with Gasteiger partial charge in [-0.05, 0) is 26.9 Å². The van der Waals surface area contributed by atoms with E-state index in [0.29, 0.717) is 6.61 Å². The van der Waals surface area contributed by atoms with Crippen LogP contribution in [0.5, 0.6) is 0 Å². The van der Waals surface area contributed by atoms with Gasteiger partial charge < -0.3 is 9.64 Å². The van der Waals surface area contributed by atoms with Gasteiger partial charge in [0.1, 0.15) is 6.61 Å². The van der Waals surface area contributed by atoms with Crippen molar-refractivity contribution in [3.05, 3.63) is 0 Å². The molecule has 0 unspecified atom stereocenters. The highest BCUT2D eigenvalue weighted by Gasteiger charge is 1.92. The van der Waals surface area contributed by atoms with Crippen LogP contribution < -0.4 is 0 Å². The molecule has 70 valence electrons. The lowest BCUT2D eigenvalue weighted by molar-refractivity contribution is 0.153. The van der Waals surface area contributed by atoms with Crippen LogP contribution in [0.3, 0.4) is 0 Å². The molecular weight excluding hydrogens is 150 g/mol. The molecule has 0 saturated carbocycles. The van der Waals surface area contributed by atoms with Crippen LogP contribution in [0.1, 0.15) is 20.3 Å². The summed E-state index contributed by atoms with van der Waals surface area (Å²) in [6, 6.07) is 0. The summed E-state index contributed by atoms with van der Waals surface area (Å²) in [5, 5.41) is 0. The van der Waals surface area contributed by atoms with Crippen LogP contribution >= 0.6 is 0 Å². The molecule has 0 radical (unpaired) electrons. The smallest absolute Gasteiger partial charge is 0.107 e. The predicted octanol–water partition coefficient (Wildman–Crippen LogP) is 1.37. The summed E-state index contributed by atoms with van der Waals surface area (Å²) < 4.78 is 5.27. The van der Waals surface area contributed by atoms with Crippen LogP contribution in [0.15, 0.2) is 0 Å². The first-order chi connectivity index (χ1) is 5.81. The summed E-state index contributed by atoms with van der Waals surface area (Å²) in [5.74, 6) is 5.66. The number of rotatable bonds is 6. The molecule has 0 bridgehead atoms. The van der Waals surface area contributed by atoms with Crippen molar-refractivity contribution in [1.82, 2.24) is 4.90 Å². The van der Waals surface area contributed by atoms with Crippen molar-refractivity contribution in [2.75, 3.05) is 33.4 Å². The predicted molar refractivity (Wildman–Crippen MR) is 52.1 cm³/mol. The van der Waals surface area contributed by atoms with Crippen LogP contribution in [-0.2, 0) is 4.74 Å². The molecule has 0 amide bonds. The minimum Gasteiger partial charge on any atom is -0.369 e. The van der Waals surface area contributed by atoms with Gasteiger partial charge in [0, 0.05) is 13.2 Å². The van der Waals surface area contributed by atoms with Crippen LogP contribution in [-0.4, -0.2) is 38.3 Å². The van der Waals surface area contributed by atoms with Gasteiger partial charge in [0.2, 0.25) is 0 Å². The van der Waals surface area contributed by atoms with E-state index in [1.807, 2.05) is 6.92 Å². The van der Waals surface area contributed by atoms with Gasteiger partial charge in [0.25, 0.3) is 0 Å². The quantitative estimate of drug-likeness (QED) is 0.440. The van der Waals surface area contributed by atoms with Gasteiger partial charge in [-0.25, -0.2) is 0 Å². The normalized spacial score (nSPS) is 9.67. The van der Waals surface area contributed by atoms with E-state index < -0.39 is 0 Å². The Labute approximate surface area is 75.9 Å². The Hall–Kier alpha value is -0.520. The monoisotopic (exact) mass is 169 g/mol. The van der Waals surface area contributed by atoms with Gasteiger partial charge in [0.15, 0.2) is 0 Å². The third kappa shape index (κ3) is 7.59. The molecule has 0 spiro atoms. The molecule has 0 heterocycles. The van der Waals surface area contributed by atoms with E-state index in [0.717, 1.165) is 26.1 Å². The second kappa shape index (κ2) is 8.58. The molecule has 2 nitrogen and oxygen atoms in total. The fourth-order valence-electron chi connectivity index (χ4n) is 0.790. The highest BCUT2D eigenvalue weighted by molar-refractivity contribution is 4.94. The van der Waals surface area contributed by atoms with Crippen LogP contribution in [0.2, 0.25) is 0 Å². The summed E-state index contributed by atoms with van der Waals surface area (Å²) in [7, 11) is 2.12. The fourth-order valence-corrected chi connectivity index (χ4v) is 0.790. The minimum absolute atomic E-state index is 0.576. The van der Waals surface area contributed by atoms with Gasteiger partial charge in [0.05, 0.1) is 0 Å². The maximum absolute atomic E-state index is 5.27. The molecule has 0 rings (SSSR count). The average Bonchev–Trinajstić information content (AvgIpc) is 2.10. The Balaban J connectivity index is 3.03. The van der Waals surface area contributed by atoms with E-state index >= 15 is 0 Å². The van der Waals surface area contributed by atoms with Gasteiger partial charge in [-0.1, -0.05) is 12.8 Å². The third-order valence-corrected chi connectivity index (χ3v) is 1.72. The Morgan fingerprint density at radius 2 is 2.17 bits per heavy atom. The van der Waals surface area contributed by atoms with Crippen molar-refractivity contribution in [1.29, 1.82) is 0 Å². The highest BCUT2D eigenvalue weighted by atomic mass is 16.5. The SMILES string of the molecule is CC#CCOCCCN(C)CC. The molecule has 0 aliphatic rings.